The average Bonchev–Trinajstić information content (AvgIpc) is 2.94. The van der Waals surface area contributed by atoms with E-state index in [1.807, 2.05) is 11.3 Å². The van der Waals surface area contributed by atoms with E-state index in [0.29, 0.717) is 0 Å². The minimum absolute atomic E-state index is 0.139. The Balaban J connectivity index is 2.02. The fourth-order valence-corrected chi connectivity index (χ4v) is 3.93. The van der Waals surface area contributed by atoms with Crippen LogP contribution in [0.25, 0.3) is 0 Å². The zero-order valence-electron chi connectivity index (χ0n) is 11.7. The van der Waals surface area contributed by atoms with E-state index >= 15 is 0 Å². The molecule has 1 aromatic heterocycles. The molecule has 1 saturated heterocycles. The molecule has 2 nitrogen and oxygen atoms in total. The van der Waals surface area contributed by atoms with Gasteiger partial charge in [0.1, 0.15) is 0 Å². The molecule has 4 heteroatoms. The second-order valence-electron chi connectivity index (χ2n) is 6.09. The van der Waals surface area contributed by atoms with Crippen molar-refractivity contribution in [1.29, 1.82) is 0 Å². The van der Waals surface area contributed by atoms with Crippen molar-refractivity contribution in [2.24, 2.45) is 0 Å². The molecule has 18 heavy (non-hydrogen) atoms. The Kier molecular flexibility index (Phi) is 4.73. The van der Waals surface area contributed by atoms with E-state index in [0.717, 1.165) is 12.2 Å². The average molecular weight is 284 g/mol. The summed E-state index contributed by atoms with van der Waals surface area (Å²) in [6, 6.07) is 0. The van der Waals surface area contributed by atoms with Crippen molar-refractivity contribution in [3.8, 4) is 0 Å². The third kappa shape index (κ3) is 3.49. The molecular formula is C14H24N2S2. The monoisotopic (exact) mass is 284 g/mol. The highest BCUT2D eigenvalue weighted by Crippen LogP contribution is 2.31. The van der Waals surface area contributed by atoms with E-state index in [4.69, 9.17) is 4.98 Å². The highest BCUT2D eigenvalue weighted by molar-refractivity contribution is 7.79. The van der Waals surface area contributed by atoms with E-state index in [2.05, 4.69) is 38.3 Å². The molecule has 0 amide bonds. The molecule has 0 unspecified atom stereocenters. The minimum atomic E-state index is 0.139. The predicted molar refractivity (Wildman–Crippen MR) is 82.9 cm³/mol. The highest BCUT2D eigenvalue weighted by atomic mass is 32.1. The van der Waals surface area contributed by atoms with Crippen LogP contribution < -0.4 is 0 Å². The standard InChI is InChI=1S/C14H24N2S2/c1-14(2,3)13-11(10-17)18-12(15-13)6-9-16-7-4-5-8-16/h17H,4-10H2,1-3H3. The summed E-state index contributed by atoms with van der Waals surface area (Å²) in [5.74, 6) is 0.813. The van der Waals surface area contributed by atoms with E-state index < -0.39 is 0 Å². The van der Waals surface area contributed by atoms with Crippen molar-refractivity contribution in [2.45, 2.75) is 51.2 Å². The van der Waals surface area contributed by atoms with Crippen LogP contribution >= 0.6 is 24.0 Å². The molecule has 1 aromatic rings. The fraction of sp³-hybridized carbons (Fsp3) is 0.786. The van der Waals surface area contributed by atoms with Crippen LogP contribution in [0.3, 0.4) is 0 Å². The molecule has 0 atom stereocenters. The summed E-state index contributed by atoms with van der Waals surface area (Å²) in [5, 5.41) is 1.29. The fourth-order valence-electron chi connectivity index (χ4n) is 2.46. The Morgan fingerprint density at radius 1 is 1.28 bits per heavy atom. The van der Waals surface area contributed by atoms with Crippen LogP contribution in [0.4, 0.5) is 0 Å². The van der Waals surface area contributed by atoms with Crippen LogP contribution in [0.5, 0.6) is 0 Å². The lowest BCUT2D eigenvalue weighted by Gasteiger charge is -2.17. The molecule has 2 heterocycles. The Morgan fingerprint density at radius 2 is 1.94 bits per heavy atom. The van der Waals surface area contributed by atoms with Crippen molar-refractivity contribution in [2.75, 3.05) is 19.6 Å². The first-order valence-electron chi connectivity index (χ1n) is 6.83. The van der Waals surface area contributed by atoms with Crippen molar-refractivity contribution in [3.63, 3.8) is 0 Å². The molecule has 0 N–H and O–H groups in total. The number of hydrogen-bond donors (Lipinski definition) is 1. The maximum atomic E-state index is 4.86. The topological polar surface area (TPSA) is 16.1 Å². The molecule has 0 spiro atoms. The summed E-state index contributed by atoms with van der Waals surface area (Å²) in [6.45, 7) is 10.4. The Labute approximate surface area is 120 Å². The Morgan fingerprint density at radius 3 is 2.44 bits per heavy atom. The minimum Gasteiger partial charge on any atom is -0.303 e. The normalized spacial score (nSPS) is 17.6. The largest absolute Gasteiger partial charge is 0.303 e. The number of hydrogen-bond acceptors (Lipinski definition) is 4. The summed E-state index contributed by atoms with van der Waals surface area (Å²) >= 11 is 6.30. The van der Waals surface area contributed by atoms with Crippen LogP contribution in [0, 0.1) is 0 Å². The Hall–Kier alpha value is -0.0600. The van der Waals surface area contributed by atoms with Gasteiger partial charge in [-0.25, -0.2) is 4.98 Å². The van der Waals surface area contributed by atoms with Gasteiger partial charge in [0.25, 0.3) is 0 Å². The maximum Gasteiger partial charge on any atom is 0.0944 e. The van der Waals surface area contributed by atoms with Gasteiger partial charge >= 0.3 is 0 Å². The number of thiol groups is 1. The lowest BCUT2D eigenvalue weighted by Crippen LogP contribution is -2.22. The molecule has 0 radical (unpaired) electrons. The van der Waals surface area contributed by atoms with Gasteiger partial charge in [0.2, 0.25) is 0 Å². The van der Waals surface area contributed by atoms with Crippen LogP contribution in [0.15, 0.2) is 0 Å². The lowest BCUT2D eigenvalue weighted by molar-refractivity contribution is 0.343. The smallest absolute Gasteiger partial charge is 0.0944 e. The first kappa shape index (κ1) is 14.4. The van der Waals surface area contributed by atoms with Crippen molar-refractivity contribution >= 4 is 24.0 Å². The molecule has 0 saturated carbocycles. The van der Waals surface area contributed by atoms with Gasteiger partial charge in [0, 0.05) is 29.0 Å². The molecule has 1 aliphatic rings. The van der Waals surface area contributed by atoms with Crippen molar-refractivity contribution in [3.05, 3.63) is 15.6 Å². The van der Waals surface area contributed by atoms with Gasteiger partial charge < -0.3 is 4.90 Å². The van der Waals surface area contributed by atoms with Crippen LogP contribution in [-0.4, -0.2) is 29.5 Å². The van der Waals surface area contributed by atoms with Crippen LogP contribution in [0.1, 0.15) is 49.2 Å². The van der Waals surface area contributed by atoms with Gasteiger partial charge in [-0.3, -0.25) is 0 Å². The Bertz CT molecular complexity index is 387. The zero-order chi connectivity index (χ0) is 13.2. The van der Waals surface area contributed by atoms with Gasteiger partial charge in [0.05, 0.1) is 10.7 Å². The molecule has 1 fully saturated rings. The molecule has 0 aliphatic carbocycles. The third-order valence-corrected chi connectivity index (χ3v) is 5.08. The van der Waals surface area contributed by atoms with E-state index in [-0.39, 0.29) is 5.41 Å². The number of rotatable bonds is 4. The number of aromatic nitrogens is 1. The van der Waals surface area contributed by atoms with E-state index in [1.165, 1.54) is 48.1 Å². The van der Waals surface area contributed by atoms with Crippen molar-refractivity contribution in [1.82, 2.24) is 9.88 Å². The number of nitrogens with zero attached hydrogens (tertiary/aromatic N) is 2. The molecule has 0 aromatic carbocycles. The van der Waals surface area contributed by atoms with Gasteiger partial charge in [-0.2, -0.15) is 12.6 Å². The second kappa shape index (κ2) is 5.93. The number of thiazole rings is 1. The molecule has 102 valence electrons. The zero-order valence-corrected chi connectivity index (χ0v) is 13.4. The predicted octanol–water partition coefficient (Wildman–Crippen LogP) is 3.51. The van der Waals surface area contributed by atoms with Gasteiger partial charge in [0.15, 0.2) is 0 Å². The van der Waals surface area contributed by atoms with E-state index in [9.17, 15) is 0 Å². The highest BCUT2D eigenvalue weighted by Gasteiger charge is 2.22. The summed E-state index contributed by atoms with van der Waals surface area (Å²) in [4.78, 5) is 8.76. The van der Waals surface area contributed by atoms with E-state index in [1.54, 1.807) is 0 Å². The van der Waals surface area contributed by atoms with Gasteiger partial charge in [-0.15, -0.1) is 11.3 Å². The van der Waals surface area contributed by atoms with Gasteiger partial charge in [-0.05, 0) is 25.9 Å². The molecule has 1 aliphatic heterocycles. The third-order valence-electron chi connectivity index (χ3n) is 3.44. The molecule has 2 rings (SSSR count). The molecular weight excluding hydrogens is 260 g/mol. The first-order valence-corrected chi connectivity index (χ1v) is 8.28. The summed E-state index contributed by atoms with van der Waals surface area (Å²) in [5.41, 5.74) is 1.39. The summed E-state index contributed by atoms with van der Waals surface area (Å²) in [6.07, 6.45) is 3.83. The summed E-state index contributed by atoms with van der Waals surface area (Å²) in [7, 11) is 0. The second-order valence-corrected chi connectivity index (χ2v) is 7.57. The van der Waals surface area contributed by atoms with Gasteiger partial charge in [-0.1, -0.05) is 20.8 Å². The maximum absolute atomic E-state index is 4.86. The molecule has 0 bridgehead atoms. The van der Waals surface area contributed by atoms with Crippen molar-refractivity contribution < 1.29 is 0 Å². The van der Waals surface area contributed by atoms with Crippen LogP contribution in [0.2, 0.25) is 0 Å². The first-order chi connectivity index (χ1) is 8.50. The number of likely N-dealkylation sites (tertiary alicyclic amines) is 1. The quantitative estimate of drug-likeness (QED) is 0.852. The summed E-state index contributed by atoms with van der Waals surface area (Å²) < 4.78 is 0. The lowest BCUT2D eigenvalue weighted by atomic mass is 9.91. The van der Waals surface area contributed by atoms with Crippen LogP contribution in [-0.2, 0) is 17.6 Å². The SMILES string of the molecule is CC(C)(C)c1nc(CCN2CCCC2)sc1CS.